The van der Waals surface area contributed by atoms with Gasteiger partial charge in [-0.2, -0.15) is 0 Å². The van der Waals surface area contributed by atoms with Gasteiger partial charge in [-0.05, 0) is 87.5 Å². The Bertz CT molecular complexity index is 703. The van der Waals surface area contributed by atoms with Crippen LogP contribution in [0.2, 0.25) is 0 Å². The maximum absolute atomic E-state index is 11.9. The van der Waals surface area contributed by atoms with E-state index < -0.39 is 0 Å². The molecule has 1 amide bonds. The molecule has 2 N–H and O–H groups in total. The van der Waals surface area contributed by atoms with Crippen LogP contribution in [0, 0.1) is 5.92 Å². The van der Waals surface area contributed by atoms with E-state index in [1.54, 1.807) is 12.1 Å². The topological polar surface area (TPSA) is 52.6 Å². The number of piperidine rings is 1. The summed E-state index contributed by atoms with van der Waals surface area (Å²) in [6.07, 6.45) is 5.10. The fourth-order valence-electron chi connectivity index (χ4n) is 3.36. The number of benzene rings is 2. The summed E-state index contributed by atoms with van der Waals surface area (Å²) in [7, 11) is 2.13. The third kappa shape index (κ3) is 6.40. The van der Waals surface area contributed by atoms with Gasteiger partial charge in [-0.15, -0.1) is 0 Å². The lowest BCUT2D eigenvalue weighted by atomic mass is 9.97. The highest BCUT2D eigenvalue weighted by atomic mass is 16.3. The molecule has 0 aromatic heterocycles. The van der Waals surface area contributed by atoms with Crippen molar-refractivity contribution in [2.45, 2.75) is 31.6 Å². The van der Waals surface area contributed by atoms with Gasteiger partial charge < -0.3 is 15.3 Å². The van der Waals surface area contributed by atoms with E-state index in [0.717, 1.165) is 38.4 Å². The molecular weight excluding hydrogens is 336 g/mol. The van der Waals surface area contributed by atoms with Crippen LogP contribution in [0.5, 0.6) is 5.75 Å². The third-order valence-corrected chi connectivity index (χ3v) is 5.37. The van der Waals surface area contributed by atoms with Gasteiger partial charge in [-0.25, -0.2) is 0 Å². The van der Waals surface area contributed by atoms with Crippen LogP contribution in [0.1, 0.15) is 47.5 Å². The molecule has 0 spiro atoms. The molecule has 4 nitrogen and oxygen atoms in total. The number of rotatable bonds is 4. The molecule has 4 rings (SSSR count). The summed E-state index contributed by atoms with van der Waals surface area (Å²) in [6.45, 7) is 2.97. The third-order valence-electron chi connectivity index (χ3n) is 5.37. The standard InChI is InChI=1S/C14H20N2O2.C9H10/c1-16-8-6-11(7-9-16)10-15-14(18)12-2-4-13(17)5-3-12;1-2-4-8(5-3-1)9-6-7-9/h2-5,11,17H,6-10H2,1H3,(H,15,18);1-5,9H,6-7H2. The highest BCUT2D eigenvalue weighted by Crippen LogP contribution is 2.39. The largest absolute Gasteiger partial charge is 0.508 e. The van der Waals surface area contributed by atoms with Crippen LogP contribution in [0.15, 0.2) is 54.6 Å². The number of carbonyl (C=O) groups is 1. The Balaban J connectivity index is 0.000000193. The molecule has 1 saturated heterocycles. The van der Waals surface area contributed by atoms with Gasteiger partial charge in [-0.1, -0.05) is 30.3 Å². The van der Waals surface area contributed by atoms with E-state index in [4.69, 9.17) is 5.11 Å². The van der Waals surface area contributed by atoms with Crippen molar-refractivity contribution in [3.05, 3.63) is 65.7 Å². The summed E-state index contributed by atoms with van der Waals surface area (Å²) in [4.78, 5) is 14.2. The molecule has 2 fully saturated rings. The lowest BCUT2D eigenvalue weighted by Crippen LogP contribution is -2.36. The maximum Gasteiger partial charge on any atom is 0.251 e. The first kappa shape index (κ1) is 19.4. The number of likely N-dealkylation sites (tertiary alicyclic amines) is 1. The number of hydrogen-bond acceptors (Lipinski definition) is 3. The summed E-state index contributed by atoms with van der Waals surface area (Å²) in [5, 5.41) is 12.1. The summed E-state index contributed by atoms with van der Waals surface area (Å²) >= 11 is 0. The van der Waals surface area contributed by atoms with Crippen molar-refractivity contribution in [2.24, 2.45) is 5.92 Å². The molecule has 1 saturated carbocycles. The Labute approximate surface area is 162 Å². The summed E-state index contributed by atoms with van der Waals surface area (Å²) < 4.78 is 0. The minimum atomic E-state index is -0.0612. The molecule has 27 heavy (non-hydrogen) atoms. The molecule has 2 aliphatic rings. The summed E-state index contributed by atoms with van der Waals surface area (Å²) in [6, 6.07) is 17.1. The normalized spacial score (nSPS) is 17.7. The van der Waals surface area contributed by atoms with E-state index in [9.17, 15) is 4.79 Å². The SMILES string of the molecule is CN1CCC(CNC(=O)c2ccc(O)cc2)CC1.c1ccc(C2CC2)cc1. The van der Waals surface area contributed by atoms with Crippen LogP contribution in [0.25, 0.3) is 0 Å². The van der Waals surface area contributed by atoms with Crippen molar-refractivity contribution >= 4 is 5.91 Å². The zero-order valence-corrected chi connectivity index (χ0v) is 16.1. The Hall–Kier alpha value is -2.33. The van der Waals surface area contributed by atoms with Crippen LogP contribution >= 0.6 is 0 Å². The number of aromatic hydroxyl groups is 1. The van der Waals surface area contributed by atoms with Crippen LogP contribution in [0.4, 0.5) is 0 Å². The molecule has 144 valence electrons. The highest BCUT2D eigenvalue weighted by molar-refractivity contribution is 5.94. The fraction of sp³-hybridized carbons (Fsp3) is 0.435. The molecule has 1 aliphatic carbocycles. The average molecular weight is 367 g/mol. The van der Waals surface area contributed by atoms with Gasteiger partial charge in [-0.3, -0.25) is 4.79 Å². The molecule has 0 radical (unpaired) electrons. The van der Waals surface area contributed by atoms with E-state index >= 15 is 0 Å². The molecule has 2 aromatic rings. The van der Waals surface area contributed by atoms with Crippen molar-refractivity contribution in [3.8, 4) is 5.75 Å². The lowest BCUT2D eigenvalue weighted by Gasteiger charge is -2.28. The fourth-order valence-corrected chi connectivity index (χ4v) is 3.36. The average Bonchev–Trinajstić information content (AvgIpc) is 3.54. The van der Waals surface area contributed by atoms with Crippen LogP contribution in [0.3, 0.4) is 0 Å². The molecule has 0 unspecified atom stereocenters. The van der Waals surface area contributed by atoms with E-state index in [-0.39, 0.29) is 11.7 Å². The van der Waals surface area contributed by atoms with E-state index in [1.165, 1.54) is 30.5 Å². The molecule has 0 bridgehead atoms. The number of nitrogens with one attached hydrogen (secondary N) is 1. The molecule has 1 aliphatic heterocycles. The zero-order valence-electron chi connectivity index (χ0n) is 16.1. The second-order valence-electron chi connectivity index (χ2n) is 7.69. The Morgan fingerprint density at radius 2 is 1.63 bits per heavy atom. The molecule has 0 atom stereocenters. The second-order valence-corrected chi connectivity index (χ2v) is 7.69. The Morgan fingerprint density at radius 1 is 1.00 bits per heavy atom. The number of carbonyl (C=O) groups excluding carboxylic acids is 1. The van der Waals surface area contributed by atoms with Gasteiger partial charge in [0.15, 0.2) is 0 Å². The Kier molecular flexibility index (Phi) is 6.88. The van der Waals surface area contributed by atoms with Crippen molar-refractivity contribution < 1.29 is 9.90 Å². The molecule has 1 heterocycles. The smallest absolute Gasteiger partial charge is 0.251 e. The first-order valence-electron chi connectivity index (χ1n) is 9.92. The van der Waals surface area contributed by atoms with Gasteiger partial charge in [0.05, 0.1) is 0 Å². The zero-order chi connectivity index (χ0) is 19.1. The number of hydrogen-bond donors (Lipinski definition) is 2. The predicted octanol–water partition coefficient (Wildman–Crippen LogP) is 4.03. The first-order chi connectivity index (χ1) is 13.1. The van der Waals surface area contributed by atoms with Crippen LogP contribution in [-0.4, -0.2) is 42.6 Å². The summed E-state index contributed by atoms with van der Waals surface area (Å²) in [5.74, 6) is 1.62. The molecule has 4 heteroatoms. The van der Waals surface area contributed by atoms with Gasteiger partial charge in [0.25, 0.3) is 5.91 Å². The van der Waals surface area contributed by atoms with Crippen LogP contribution < -0.4 is 5.32 Å². The lowest BCUT2D eigenvalue weighted by molar-refractivity contribution is 0.0939. The Morgan fingerprint density at radius 3 is 2.22 bits per heavy atom. The van der Waals surface area contributed by atoms with E-state index in [2.05, 4.69) is 47.6 Å². The summed E-state index contributed by atoms with van der Waals surface area (Å²) in [5.41, 5.74) is 2.12. The second kappa shape index (κ2) is 9.56. The molecule has 2 aromatic carbocycles. The minimum Gasteiger partial charge on any atom is -0.508 e. The van der Waals surface area contributed by atoms with Gasteiger partial charge in [0, 0.05) is 12.1 Å². The van der Waals surface area contributed by atoms with Gasteiger partial charge in [0.2, 0.25) is 0 Å². The number of phenolic OH excluding ortho intramolecular Hbond substituents is 1. The quantitative estimate of drug-likeness (QED) is 0.859. The monoisotopic (exact) mass is 366 g/mol. The number of nitrogens with zero attached hydrogens (tertiary/aromatic N) is 1. The maximum atomic E-state index is 11.9. The predicted molar refractivity (Wildman–Crippen MR) is 109 cm³/mol. The number of amides is 1. The number of phenols is 1. The molecular formula is C23H30N2O2. The van der Waals surface area contributed by atoms with Gasteiger partial charge >= 0.3 is 0 Å². The van der Waals surface area contributed by atoms with Crippen molar-refractivity contribution in [2.75, 3.05) is 26.7 Å². The van der Waals surface area contributed by atoms with Crippen molar-refractivity contribution in [3.63, 3.8) is 0 Å². The van der Waals surface area contributed by atoms with E-state index in [1.807, 2.05) is 0 Å². The van der Waals surface area contributed by atoms with Crippen LogP contribution in [-0.2, 0) is 0 Å². The minimum absolute atomic E-state index is 0.0612. The first-order valence-corrected chi connectivity index (χ1v) is 9.92. The van der Waals surface area contributed by atoms with Crippen molar-refractivity contribution in [1.29, 1.82) is 0 Å². The highest BCUT2D eigenvalue weighted by Gasteiger charge is 2.22. The van der Waals surface area contributed by atoms with Crippen molar-refractivity contribution in [1.82, 2.24) is 10.2 Å². The van der Waals surface area contributed by atoms with E-state index in [0.29, 0.717) is 11.5 Å². The van der Waals surface area contributed by atoms with Gasteiger partial charge in [0.1, 0.15) is 5.75 Å².